The van der Waals surface area contributed by atoms with Gasteiger partial charge >= 0.3 is 0 Å². The highest BCUT2D eigenvalue weighted by Crippen LogP contribution is 2.25. The van der Waals surface area contributed by atoms with Gasteiger partial charge < -0.3 is 4.90 Å². The van der Waals surface area contributed by atoms with Gasteiger partial charge in [-0.05, 0) is 49.6 Å². The van der Waals surface area contributed by atoms with Crippen molar-refractivity contribution in [3.8, 4) is 0 Å². The Morgan fingerprint density at radius 1 is 1.13 bits per heavy atom. The molecule has 1 aliphatic carbocycles. The molecule has 4 rings (SSSR count). The van der Waals surface area contributed by atoms with Crippen LogP contribution in [0.3, 0.4) is 0 Å². The molecule has 0 unspecified atom stereocenters. The second-order valence-corrected chi connectivity index (χ2v) is 8.86. The number of nitrogens with zero attached hydrogens (tertiary/aromatic N) is 3. The smallest absolute Gasteiger partial charge is 0.262 e. The maximum Gasteiger partial charge on any atom is 0.262 e. The minimum absolute atomic E-state index is 0.0390. The number of aromatic nitrogens is 2. The molecule has 0 aliphatic heterocycles. The van der Waals surface area contributed by atoms with Crippen LogP contribution in [-0.4, -0.2) is 38.7 Å². The number of hydrogen-bond acceptors (Lipinski definition) is 4. The van der Waals surface area contributed by atoms with Gasteiger partial charge in [-0.15, -0.1) is 0 Å². The summed E-state index contributed by atoms with van der Waals surface area (Å²) in [6.45, 7) is 5.27. The molecule has 1 amide bonds. The van der Waals surface area contributed by atoms with Crippen molar-refractivity contribution in [1.29, 1.82) is 0 Å². The Labute approximate surface area is 181 Å². The second kappa shape index (κ2) is 9.21. The number of thioether (sulfide) groups is 1. The minimum Gasteiger partial charge on any atom is -0.339 e. The molecule has 158 valence electrons. The van der Waals surface area contributed by atoms with E-state index in [1.807, 2.05) is 48.2 Å². The average Bonchev–Trinajstić information content (AvgIpc) is 2.78. The van der Waals surface area contributed by atoms with Crippen LogP contribution in [-0.2, 0) is 11.3 Å². The summed E-state index contributed by atoms with van der Waals surface area (Å²) in [4.78, 5) is 32.9. The molecule has 30 heavy (non-hydrogen) atoms. The van der Waals surface area contributed by atoms with Crippen LogP contribution in [0, 0.1) is 0 Å². The van der Waals surface area contributed by atoms with E-state index in [4.69, 9.17) is 4.98 Å². The van der Waals surface area contributed by atoms with Crippen LogP contribution in [0.4, 0.5) is 0 Å². The van der Waals surface area contributed by atoms with Crippen molar-refractivity contribution in [2.45, 2.75) is 63.7 Å². The molecule has 0 saturated heterocycles. The molecule has 5 nitrogen and oxygen atoms in total. The van der Waals surface area contributed by atoms with Gasteiger partial charge in [0.2, 0.25) is 5.91 Å². The third-order valence-corrected chi connectivity index (χ3v) is 7.07. The van der Waals surface area contributed by atoms with Gasteiger partial charge in [0.25, 0.3) is 5.56 Å². The molecule has 2 aromatic carbocycles. The van der Waals surface area contributed by atoms with Gasteiger partial charge in [0.1, 0.15) is 0 Å². The fraction of sp³-hybridized carbons (Fsp3) is 0.458. The standard InChI is InChI=1S/C24H29N3O2S/c1-3-26(19-12-6-5-7-13-19)22(28)16-30-24-25-21-15-18-11-9-8-10-17(18)14-20(21)23(29)27(24)4-2/h8-11,14-15,19H,3-7,12-13,16H2,1-2H3. The van der Waals surface area contributed by atoms with Crippen molar-refractivity contribution in [3.05, 3.63) is 46.8 Å². The molecule has 1 heterocycles. The summed E-state index contributed by atoms with van der Waals surface area (Å²) in [7, 11) is 0. The van der Waals surface area contributed by atoms with Crippen molar-refractivity contribution in [1.82, 2.24) is 14.5 Å². The molecule has 0 spiro atoms. The number of carbonyl (C=O) groups is 1. The number of rotatable bonds is 6. The Morgan fingerprint density at radius 3 is 2.50 bits per heavy atom. The largest absolute Gasteiger partial charge is 0.339 e. The van der Waals surface area contributed by atoms with Crippen LogP contribution < -0.4 is 5.56 Å². The fourth-order valence-corrected chi connectivity index (χ4v) is 5.47. The first-order valence-electron chi connectivity index (χ1n) is 11.0. The zero-order chi connectivity index (χ0) is 21.1. The molecule has 0 atom stereocenters. The van der Waals surface area contributed by atoms with E-state index in [1.54, 1.807) is 4.57 Å². The number of carbonyl (C=O) groups excluding carboxylic acids is 1. The highest BCUT2D eigenvalue weighted by Gasteiger charge is 2.24. The van der Waals surface area contributed by atoms with Crippen molar-refractivity contribution in [2.24, 2.45) is 0 Å². The lowest BCUT2D eigenvalue weighted by Gasteiger charge is -2.33. The average molecular weight is 424 g/mol. The molecule has 0 N–H and O–H groups in total. The minimum atomic E-state index is -0.0390. The van der Waals surface area contributed by atoms with Crippen LogP contribution in [0.1, 0.15) is 46.0 Å². The van der Waals surface area contributed by atoms with Gasteiger partial charge in [-0.3, -0.25) is 14.2 Å². The lowest BCUT2D eigenvalue weighted by Crippen LogP contribution is -2.42. The van der Waals surface area contributed by atoms with E-state index < -0.39 is 0 Å². The predicted octanol–water partition coefficient (Wildman–Crippen LogP) is 4.84. The van der Waals surface area contributed by atoms with Crippen LogP contribution in [0.5, 0.6) is 0 Å². The molecule has 1 aliphatic rings. The highest BCUT2D eigenvalue weighted by atomic mass is 32.2. The van der Waals surface area contributed by atoms with E-state index in [0.717, 1.165) is 30.2 Å². The van der Waals surface area contributed by atoms with E-state index in [2.05, 4.69) is 6.92 Å². The number of fused-ring (bicyclic) bond motifs is 2. The van der Waals surface area contributed by atoms with E-state index >= 15 is 0 Å². The Bertz CT molecular complexity index is 1120. The van der Waals surface area contributed by atoms with Crippen molar-refractivity contribution in [3.63, 3.8) is 0 Å². The Balaban J connectivity index is 1.62. The van der Waals surface area contributed by atoms with Crippen LogP contribution in [0.25, 0.3) is 21.7 Å². The SMILES string of the molecule is CCN(C(=O)CSc1nc2cc3ccccc3cc2c(=O)n1CC)C1CCCCC1. The number of amides is 1. The Kier molecular flexibility index (Phi) is 6.42. The Morgan fingerprint density at radius 2 is 1.83 bits per heavy atom. The van der Waals surface area contributed by atoms with E-state index in [9.17, 15) is 9.59 Å². The molecular formula is C24H29N3O2S. The lowest BCUT2D eigenvalue weighted by atomic mass is 9.94. The first-order valence-corrected chi connectivity index (χ1v) is 12.0. The molecule has 0 radical (unpaired) electrons. The van der Waals surface area contributed by atoms with E-state index in [1.165, 1.54) is 31.0 Å². The topological polar surface area (TPSA) is 55.2 Å². The number of benzene rings is 2. The summed E-state index contributed by atoms with van der Waals surface area (Å²) in [5.74, 6) is 0.459. The highest BCUT2D eigenvalue weighted by molar-refractivity contribution is 7.99. The molecule has 6 heteroatoms. The molecular weight excluding hydrogens is 394 g/mol. The summed E-state index contributed by atoms with van der Waals surface area (Å²) in [5, 5.41) is 3.35. The summed E-state index contributed by atoms with van der Waals surface area (Å²) in [6, 6.07) is 12.3. The monoisotopic (exact) mass is 423 g/mol. The first-order chi connectivity index (χ1) is 14.6. The van der Waals surface area contributed by atoms with Gasteiger partial charge in [-0.25, -0.2) is 4.98 Å². The second-order valence-electron chi connectivity index (χ2n) is 7.92. The van der Waals surface area contributed by atoms with E-state index in [0.29, 0.717) is 34.4 Å². The summed E-state index contributed by atoms with van der Waals surface area (Å²) >= 11 is 1.38. The maximum atomic E-state index is 13.1. The fourth-order valence-electron chi connectivity index (χ4n) is 4.52. The normalized spacial score (nSPS) is 15.0. The van der Waals surface area contributed by atoms with Crippen molar-refractivity contribution < 1.29 is 4.79 Å². The van der Waals surface area contributed by atoms with Crippen molar-refractivity contribution >= 4 is 39.3 Å². The van der Waals surface area contributed by atoms with Gasteiger partial charge in [-0.1, -0.05) is 55.3 Å². The third-order valence-electron chi connectivity index (χ3n) is 6.10. The van der Waals surface area contributed by atoms with Crippen molar-refractivity contribution in [2.75, 3.05) is 12.3 Å². The third kappa shape index (κ3) is 4.10. The van der Waals surface area contributed by atoms with Gasteiger partial charge in [0.05, 0.1) is 16.7 Å². The van der Waals surface area contributed by atoms with Crippen LogP contribution in [0.15, 0.2) is 46.3 Å². The molecule has 3 aromatic rings. The summed E-state index contributed by atoms with van der Waals surface area (Å²) < 4.78 is 1.69. The zero-order valence-electron chi connectivity index (χ0n) is 17.8. The quantitative estimate of drug-likeness (QED) is 0.323. The lowest BCUT2D eigenvalue weighted by molar-refractivity contribution is -0.131. The Hall–Kier alpha value is -2.34. The summed E-state index contributed by atoms with van der Waals surface area (Å²) in [5.41, 5.74) is 0.654. The van der Waals surface area contributed by atoms with Gasteiger partial charge in [0, 0.05) is 19.1 Å². The van der Waals surface area contributed by atoms with Crippen LogP contribution >= 0.6 is 11.8 Å². The predicted molar refractivity (Wildman–Crippen MR) is 124 cm³/mol. The van der Waals surface area contributed by atoms with Gasteiger partial charge in [-0.2, -0.15) is 0 Å². The maximum absolute atomic E-state index is 13.1. The molecule has 1 saturated carbocycles. The van der Waals surface area contributed by atoms with E-state index in [-0.39, 0.29) is 11.5 Å². The van der Waals surface area contributed by atoms with Gasteiger partial charge in [0.15, 0.2) is 5.16 Å². The molecule has 0 bridgehead atoms. The number of hydrogen-bond donors (Lipinski definition) is 0. The molecule has 1 aromatic heterocycles. The first kappa shape index (κ1) is 20.9. The zero-order valence-corrected chi connectivity index (χ0v) is 18.6. The summed E-state index contributed by atoms with van der Waals surface area (Å²) in [6.07, 6.45) is 5.89. The molecule has 1 fully saturated rings. The van der Waals surface area contributed by atoms with Crippen LogP contribution in [0.2, 0.25) is 0 Å².